The molecule has 1 aromatic carbocycles. The number of amides is 1. The van der Waals surface area contributed by atoms with Gasteiger partial charge in [-0.1, -0.05) is 29.8 Å². The van der Waals surface area contributed by atoms with Gasteiger partial charge in [0.05, 0.1) is 0 Å². The molecule has 0 aliphatic rings. The maximum Gasteiger partial charge on any atom is 0.320 e. The SMILES string of the molecule is NC(=O)C(C(=O)O)c1ccccc1Cl. The fraction of sp³-hybridized carbons (Fsp3) is 0.111. The third-order valence-corrected chi connectivity index (χ3v) is 2.09. The van der Waals surface area contributed by atoms with Crippen LogP contribution in [0.1, 0.15) is 11.5 Å². The first-order chi connectivity index (χ1) is 6.54. The van der Waals surface area contributed by atoms with Gasteiger partial charge in [0.15, 0.2) is 5.92 Å². The summed E-state index contributed by atoms with van der Waals surface area (Å²) in [5.41, 5.74) is 5.18. The molecule has 0 aliphatic heterocycles. The van der Waals surface area contributed by atoms with Gasteiger partial charge in [0.2, 0.25) is 5.91 Å². The molecule has 0 saturated heterocycles. The standard InChI is InChI=1S/C9H8ClNO3/c10-6-4-2-1-3-5(6)7(8(11)12)9(13)14/h1-4,7H,(H2,11,12)(H,13,14). The number of rotatable bonds is 3. The van der Waals surface area contributed by atoms with Gasteiger partial charge in [-0.2, -0.15) is 0 Å². The Bertz CT molecular complexity index is 364. The summed E-state index contributed by atoms with van der Waals surface area (Å²) in [4.78, 5) is 21.6. The molecule has 5 heteroatoms. The Labute approximate surface area is 85.3 Å². The Morgan fingerprint density at radius 3 is 2.36 bits per heavy atom. The number of carbonyl (C=O) groups excluding carboxylic acids is 1. The van der Waals surface area contributed by atoms with Gasteiger partial charge in [-0.25, -0.2) is 0 Å². The number of halogens is 1. The van der Waals surface area contributed by atoms with E-state index in [-0.39, 0.29) is 10.6 Å². The molecule has 1 aromatic rings. The predicted molar refractivity (Wildman–Crippen MR) is 51.0 cm³/mol. The minimum Gasteiger partial charge on any atom is -0.480 e. The number of nitrogens with two attached hydrogens (primary N) is 1. The van der Waals surface area contributed by atoms with Crippen molar-refractivity contribution in [1.29, 1.82) is 0 Å². The van der Waals surface area contributed by atoms with E-state index in [0.29, 0.717) is 0 Å². The molecule has 1 unspecified atom stereocenters. The molecule has 0 spiro atoms. The van der Waals surface area contributed by atoms with Crippen molar-refractivity contribution in [2.45, 2.75) is 5.92 Å². The van der Waals surface area contributed by atoms with Crippen molar-refractivity contribution in [1.82, 2.24) is 0 Å². The minimum atomic E-state index is -1.39. The summed E-state index contributed by atoms with van der Waals surface area (Å²) in [6.07, 6.45) is 0. The van der Waals surface area contributed by atoms with Crippen LogP contribution in [-0.2, 0) is 9.59 Å². The largest absolute Gasteiger partial charge is 0.480 e. The highest BCUT2D eigenvalue weighted by molar-refractivity contribution is 6.32. The molecule has 1 atom stereocenters. The van der Waals surface area contributed by atoms with Crippen molar-refractivity contribution in [2.75, 3.05) is 0 Å². The highest BCUT2D eigenvalue weighted by atomic mass is 35.5. The van der Waals surface area contributed by atoms with E-state index in [9.17, 15) is 9.59 Å². The first-order valence-corrected chi connectivity index (χ1v) is 4.18. The predicted octanol–water partition coefficient (Wildman–Crippen LogP) is 0.993. The molecule has 0 aromatic heterocycles. The fourth-order valence-electron chi connectivity index (χ4n) is 1.12. The zero-order valence-electron chi connectivity index (χ0n) is 7.11. The number of carboxylic acid groups (broad SMARTS) is 1. The highest BCUT2D eigenvalue weighted by Crippen LogP contribution is 2.24. The molecule has 1 amide bonds. The lowest BCUT2D eigenvalue weighted by Gasteiger charge is -2.09. The maximum atomic E-state index is 10.9. The number of primary amides is 1. The summed E-state index contributed by atoms with van der Waals surface area (Å²) >= 11 is 5.74. The van der Waals surface area contributed by atoms with Crippen LogP contribution in [0.2, 0.25) is 5.02 Å². The molecule has 4 nitrogen and oxygen atoms in total. The van der Waals surface area contributed by atoms with Gasteiger partial charge in [-0.15, -0.1) is 0 Å². The van der Waals surface area contributed by atoms with Crippen molar-refractivity contribution < 1.29 is 14.7 Å². The zero-order chi connectivity index (χ0) is 10.7. The number of carbonyl (C=O) groups is 2. The zero-order valence-corrected chi connectivity index (χ0v) is 7.86. The summed E-state index contributed by atoms with van der Waals surface area (Å²) in [7, 11) is 0. The van der Waals surface area contributed by atoms with Crippen molar-refractivity contribution in [3.63, 3.8) is 0 Å². The van der Waals surface area contributed by atoms with Gasteiger partial charge < -0.3 is 10.8 Å². The summed E-state index contributed by atoms with van der Waals surface area (Å²) in [6, 6.07) is 6.22. The molecule has 0 radical (unpaired) electrons. The van der Waals surface area contributed by atoms with Crippen LogP contribution in [0.5, 0.6) is 0 Å². The second-order valence-corrected chi connectivity index (χ2v) is 3.10. The van der Waals surface area contributed by atoms with Crippen LogP contribution in [0.3, 0.4) is 0 Å². The molecular weight excluding hydrogens is 206 g/mol. The van der Waals surface area contributed by atoms with E-state index < -0.39 is 17.8 Å². The number of benzene rings is 1. The molecule has 0 aliphatic carbocycles. The Morgan fingerprint density at radius 2 is 1.93 bits per heavy atom. The van der Waals surface area contributed by atoms with Gasteiger partial charge in [0.1, 0.15) is 0 Å². The monoisotopic (exact) mass is 213 g/mol. The summed E-state index contributed by atoms with van der Waals surface area (Å²) < 4.78 is 0. The van der Waals surface area contributed by atoms with Gasteiger partial charge in [0, 0.05) is 5.02 Å². The average molecular weight is 214 g/mol. The van der Waals surface area contributed by atoms with E-state index in [0.717, 1.165) is 0 Å². The Hall–Kier alpha value is -1.55. The Kier molecular flexibility index (Phi) is 3.09. The van der Waals surface area contributed by atoms with Gasteiger partial charge in [0.25, 0.3) is 0 Å². The third-order valence-electron chi connectivity index (χ3n) is 1.75. The third kappa shape index (κ3) is 2.03. The molecule has 3 N–H and O–H groups in total. The molecule has 0 bridgehead atoms. The second-order valence-electron chi connectivity index (χ2n) is 2.70. The van der Waals surface area contributed by atoms with E-state index in [1.807, 2.05) is 0 Å². The molecule has 0 fully saturated rings. The van der Waals surface area contributed by atoms with Gasteiger partial charge in [-0.05, 0) is 11.6 Å². The Morgan fingerprint density at radius 1 is 1.36 bits per heavy atom. The van der Waals surface area contributed by atoms with Crippen molar-refractivity contribution in [3.8, 4) is 0 Å². The number of hydrogen-bond donors (Lipinski definition) is 2. The van der Waals surface area contributed by atoms with Crippen LogP contribution in [0.4, 0.5) is 0 Å². The summed E-state index contributed by atoms with van der Waals surface area (Å²) in [6.45, 7) is 0. The van der Waals surface area contributed by atoms with E-state index in [1.165, 1.54) is 12.1 Å². The van der Waals surface area contributed by atoms with Crippen LogP contribution in [0.15, 0.2) is 24.3 Å². The van der Waals surface area contributed by atoms with E-state index in [4.69, 9.17) is 22.4 Å². The lowest BCUT2D eigenvalue weighted by atomic mass is 9.99. The van der Waals surface area contributed by atoms with Crippen LogP contribution >= 0.6 is 11.6 Å². The van der Waals surface area contributed by atoms with Crippen LogP contribution < -0.4 is 5.73 Å². The fourth-order valence-corrected chi connectivity index (χ4v) is 1.36. The lowest BCUT2D eigenvalue weighted by molar-refractivity contribution is -0.142. The van der Waals surface area contributed by atoms with Crippen LogP contribution in [0.25, 0.3) is 0 Å². The summed E-state index contributed by atoms with van der Waals surface area (Å²) in [5.74, 6) is -3.61. The maximum absolute atomic E-state index is 10.9. The first kappa shape index (κ1) is 10.5. The van der Waals surface area contributed by atoms with Gasteiger partial charge in [-0.3, -0.25) is 9.59 Å². The van der Waals surface area contributed by atoms with E-state index >= 15 is 0 Å². The highest BCUT2D eigenvalue weighted by Gasteiger charge is 2.27. The van der Waals surface area contributed by atoms with Crippen molar-refractivity contribution in [3.05, 3.63) is 34.9 Å². The lowest BCUT2D eigenvalue weighted by Crippen LogP contribution is -2.28. The summed E-state index contributed by atoms with van der Waals surface area (Å²) in [5, 5.41) is 8.98. The molecule has 14 heavy (non-hydrogen) atoms. The smallest absolute Gasteiger partial charge is 0.320 e. The number of aliphatic carboxylic acids is 1. The minimum absolute atomic E-state index is 0.217. The van der Waals surface area contributed by atoms with E-state index in [2.05, 4.69) is 0 Å². The average Bonchev–Trinajstić information content (AvgIpc) is 2.07. The van der Waals surface area contributed by atoms with Crippen LogP contribution in [-0.4, -0.2) is 17.0 Å². The molecule has 1 rings (SSSR count). The number of hydrogen-bond acceptors (Lipinski definition) is 2. The molecular formula is C9H8ClNO3. The molecule has 74 valence electrons. The van der Waals surface area contributed by atoms with Crippen LogP contribution in [0, 0.1) is 0 Å². The van der Waals surface area contributed by atoms with E-state index in [1.54, 1.807) is 12.1 Å². The second kappa shape index (κ2) is 4.11. The number of carboxylic acids is 1. The first-order valence-electron chi connectivity index (χ1n) is 3.80. The van der Waals surface area contributed by atoms with Crippen molar-refractivity contribution in [2.24, 2.45) is 5.73 Å². The topological polar surface area (TPSA) is 80.4 Å². The molecule has 0 heterocycles. The normalized spacial score (nSPS) is 12.1. The Balaban J connectivity index is 3.18. The van der Waals surface area contributed by atoms with Crippen molar-refractivity contribution >= 4 is 23.5 Å². The van der Waals surface area contributed by atoms with Gasteiger partial charge >= 0.3 is 5.97 Å². The molecule has 0 saturated carbocycles. The quantitative estimate of drug-likeness (QED) is 0.735.